The first-order valence-corrected chi connectivity index (χ1v) is 4.20. The fourth-order valence-corrected chi connectivity index (χ4v) is 1.03. The molecule has 0 aromatic carbocycles. The number of pyridine rings is 2. The van der Waals surface area contributed by atoms with Gasteiger partial charge in [0.2, 0.25) is 0 Å². The molecular weight excluding hydrogens is 192 g/mol. The van der Waals surface area contributed by atoms with Gasteiger partial charge in [-0.2, -0.15) is 9.59 Å². The smallest absolute Gasteiger partial charge is 0.255 e. The fraction of sp³-hybridized carbons (Fsp3) is 0. The second kappa shape index (κ2) is 6.18. The highest BCUT2D eigenvalue weighted by Crippen LogP contribution is 2.10. The molecule has 0 aliphatic rings. The number of carbonyl (C=O) groups excluding carboxylic acids is 2. The Balaban J connectivity index is 0.000000337. The van der Waals surface area contributed by atoms with Crippen molar-refractivity contribution in [3.8, 4) is 11.4 Å². The van der Waals surface area contributed by atoms with Crippen molar-refractivity contribution in [1.29, 1.82) is 0 Å². The van der Waals surface area contributed by atoms with Crippen LogP contribution in [0.25, 0.3) is 11.4 Å². The molecular formula is C11H8N2O2. The van der Waals surface area contributed by atoms with E-state index < -0.39 is 0 Å². The molecule has 2 heterocycles. The van der Waals surface area contributed by atoms with Gasteiger partial charge in [-0.25, -0.2) is 0 Å². The van der Waals surface area contributed by atoms with Crippen molar-refractivity contribution in [2.75, 3.05) is 0 Å². The summed E-state index contributed by atoms with van der Waals surface area (Å²) >= 11 is 0. The predicted octanol–water partition coefficient (Wildman–Crippen LogP) is 1.56. The van der Waals surface area contributed by atoms with Gasteiger partial charge in [-0.3, -0.25) is 9.97 Å². The molecule has 4 heteroatoms. The molecule has 74 valence electrons. The van der Waals surface area contributed by atoms with Gasteiger partial charge in [-0.05, 0) is 24.3 Å². The van der Waals surface area contributed by atoms with Gasteiger partial charge in [-0.1, -0.05) is 12.1 Å². The highest BCUT2D eigenvalue weighted by molar-refractivity contribution is 5.52. The van der Waals surface area contributed by atoms with E-state index in [1.54, 1.807) is 12.4 Å². The molecule has 0 N–H and O–H groups in total. The summed E-state index contributed by atoms with van der Waals surface area (Å²) < 4.78 is 0. The summed E-state index contributed by atoms with van der Waals surface area (Å²) in [5.74, 6) is 0. The molecule has 0 saturated heterocycles. The van der Waals surface area contributed by atoms with E-state index in [9.17, 15) is 0 Å². The number of aromatic nitrogens is 2. The number of hydrogen-bond acceptors (Lipinski definition) is 4. The second-order valence-electron chi connectivity index (χ2n) is 2.51. The quantitative estimate of drug-likeness (QED) is 0.700. The third-order valence-corrected chi connectivity index (χ3v) is 1.59. The molecule has 2 rings (SSSR count). The van der Waals surface area contributed by atoms with Crippen molar-refractivity contribution >= 4 is 6.15 Å². The van der Waals surface area contributed by atoms with Gasteiger partial charge in [0.05, 0.1) is 11.4 Å². The highest BCUT2D eigenvalue weighted by Gasteiger charge is 1.95. The van der Waals surface area contributed by atoms with Crippen molar-refractivity contribution < 1.29 is 9.59 Å². The van der Waals surface area contributed by atoms with E-state index in [2.05, 4.69) is 9.97 Å². The summed E-state index contributed by atoms with van der Waals surface area (Å²) in [6, 6.07) is 11.6. The molecule has 0 bridgehead atoms. The van der Waals surface area contributed by atoms with Crippen molar-refractivity contribution in [2.45, 2.75) is 0 Å². The molecule has 0 aliphatic heterocycles. The minimum absolute atomic E-state index is 0.250. The van der Waals surface area contributed by atoms with E-state index >= 15 is 0 Å². The van der Waals surface area contributed by atoms with Gasteiger partial charge >= 0.3 is 6.15 Å². The van der Waals surface area contributed by atoms with Crippen molar-refractivity contribution in [3.05, 3.63) is 48.8 Å². The summed E-state index contributed by atoms with van der Waals surface area (Å²) in [5.41, 5.74) is 1.83. The Morgan fingerprint density at radius 2 is 1.20 bits per heavy atom. The van der Waals surface area contributed by atoms with Crippen LogP contribution in [-0.4, -0.2) is 16.1 Å². The van der Waals surface area contributed by atoms with Crippen LogP contribution in [0.15, 0.2) is 48.8 Å². The summed E-state index contributed by atoms with van der Waals surface area (Å²) in [7, 11) is 0. The average molecular weight is 200 g/mol. The van der Waals surface area contributed by atoms with E-state index in [0.717, 1.165) is 11.4 Å². The third-order valence-electron chi connectivity index (χ3n) is 1.59. The molecule has 0 amide bonds. The largest absolute Gasteiger partial charge is 0.373 e. The summed E-state index contributed by atoms with van der Waals surface area (Å²) in [6.45, 7) is 0. The first-order valence-electron chi connectivity index (χ1n) is 4.20. The first kappa shape index (κ1) is 10.8. The molecule has 2 aromatic rings. The molecule has 0 saturated carbocycles. The number of nitrogens with zero attached hydrogens (tertiary/aromatic N) is 2. The van der Waals surface area contributed by atoms with Gasteiger partial charge in [-0.15, -0.1) is 0 Å². The molecule has 0 aliphatic carbocycles. The Labute approximate surface area is 86.6 Å². The zero-order chi connectivity index (χ0) is 10.9. The molecule has 4 nitrogen and oxygen atoms in total. The van der Waals surface area contributed by atoms with Crippen LogP contribution in [0, 0.1) is 0 Å². The van der Waals surface area contributed by atoms with Crippen LogP contribution in [0.2, 0.25) is 0 Å². The Hall–Kier alpha value is -2.32. The van der Waals surface area contributed by atoms with E-state index in [4.69, 9.17) is 9.59 Å². The Kier molecular flexibility index (Phi) is 4.43. The monoisotopic (exact) mass is 200 g/mol. The Bertz CT molecular complexity index is 385. The summed E-state index contributed by atoms with van der Waals surface area (Å²) in [4.78, 5) is 24.6. The third kappa shape index (κ3) is 3.50. The van der Waals surface area contributed by atoms with Crippen LogP contribution in [-0.2, 0) is 9.59 Å². The van der Waals surface area contributed by atoms with Crippen LogP contribution < -0.4 is 0 Å². The fourth-order valence-electron chi connectivity index (χ4n) is 1.03. The van der Waals surface area contributed by atoms with Crippen molar-refractivity contribution in [2.24, 2.45) is 0 Å². The van der Waals surface area contributed by atoms with Crippen LogP contribution in [0.3, 0.4) is 0 Å². The van der Waals surface area contributed by atoms with Gasteiger partial charge in [0, 0.05) is 12.4 Å². The predicted molar refractivity (Wildman–Crippen MR) is 52.5 cm³/mol. The lowest BCUT2D eigenvalue weighted by Gasteiger charge is -1.96. The van der Waals surface area contributed by atoms with Crippen LogP contribution >= 0.6 is 0 Å². The second-order valence-corrected chi connectivity index (χ2v) is 2.51. The normalized spacial score (nSPS) is 8.27. The van der Waals surface area contributed by atoms with Crippen LogP contribution in [0.1, 0.15) is 0 Å². The standard InChI is InChI=1S/C10H8N2.CO2/c1-3-7-11-9(5-1)10-6-2-4-8-12-10;2-1-3/h1-8H;. The van der Waals surface area contributed by atoms with Gasteiger partial charge in [0.1, 0.15) is 0 Å². The molecule has 2 aromatic heterocycles. The van der Waals surface area contributed by atoms with E-state index in [1.807, 2.05) is 36.4 Å². The van der Waals surface area contributed by atoms with Gasteiger partial charge in [0.15, 0.2) is 0 Å². The molecule has 0 radical (unpaired) electrons. The molecule has 0 spiro atoms. The lowest BCUT2D eigenvalue weighted by atomic mass is 10.2. The van der Waals surface area contributed by atoms with Gasteiger partial charge in [0.25, 0.3) is 0 Å². The maximum Gasteiger partial charge on any atom is 0.373 e. The molecule has 15 heavy (non-hydrogen) atoms. The Morgan fingerprint density at radius 1 is 0.800 bits per heavy atom. The van der Waals surface area contributed by atoms with Crippen LogP contribution in [0.4, 0.5) is 0 Å². The Morgan fingerprint density at radius 3 is 1.47 bits per heavy atom. The summed E-state index contributed by atoms with van der Waals surface area (Å²) in [6.07, 6.45) is 3.79. The first-order chi connectivity index (χ1) is 7.38. The van der Waals surface area contributed by atoms with E-state index in [-0.39, 0.29) is 6.15 Å². The maximum absolute atomic E-state index is 8.12. The van der Waals surface area contributed by atoms with E-state index in [1.165, 1.54) is 0 Å². The van der Waals surface area contributed by atoms with Crippen LogP contribution in [0.5, 0.6) is 0 Å². The number of hydrogen-bond donors (Lipinski definition) is 0. The SMILES string of the molecule is O=C=O.c1ccc(-c2ccccn2)nc1. The maximum atomic E-state index is 8.12. The van der Waals surface area contributed by atoms with Gasteiger partial charge < -0.3 is 0 Å². The average Bonchev–Trinajstić information content (AvgIpc) is 2.32. The minimum Gasteiger partial charge on any atom is -0.255 e. The molecule has 0 fully saturated rings. The zero-order valence-corrected chi connectivity index (χ0v) is 7.83. The zero-order valence-electron chi connectivity index (χ0n) is 7.83. The molecule has 0 unspecified atom stereocenters. The highest BCUT2D eigenvalue weighted by atomic mass is 16.2. The van der Waals surface area contributed by atoms with Crippen molar-refractivity contribution in [3.63, 3.8) is 0 Å². The molecule has 0 atom stereocenters. The topological polar surface area (TPSA) is 59.9 Å². The lowest BCUT2D eigenvalue weighted by molar-refractivity contribution is -0.191. The lowest BCUT2D eigenvalue weighted by Crippen LogP contribution is -1.83. The minimum atomic E-state index is 0.250. The summed E-state index contributed by atoms with van der Waals surface area (Å²) in [5, 5.41) is 0. The number of rotatable bonds is 1. The van der Waals surface area contributed by atoms with Crippen molar-refractivity contribution in [1.82, 2.24) is 9.97 Å². The van der Waals surface area contributed by atoms with E-state index in [0.29, 0.717) is 0 Å².